The highest BCUT2D eigenvalue weighted by Gasteiger charge is 2.43. The molecule has 0 saturated heterocycles. The molecule has 5 rings (SSSR count). The molecular weight excluding hydrogens is 451 g/mol. The molecule has 35 heavy (non-hydrogen) atoms. The van der Waals surface area contributed by atoms with Crippen molar-refractivity contribution in [2.75, 3.05) is 18.5 Å². The van der Waals surface area contributed by atoms with Gasteiger partial charge in [0.1, 0.15) is 12.4 Å². The predicted octanol–water partition coefficient (Wildman–Crippen LogP) is 4.64. The Morgan fingerprint density at radius 1 is 0.943 bits per heavy atom. The van der Waals surface area contributed by atoms with Crippen molar-refractivity contribution in [1.29, 1.82) is 0 Å². The minimum Gasteiger partial charge on any atom is -0.478 e. The number of anilines is 1. The lowest BCUT2D eigenvalue weighted by Gasteiger charge is -2.14. The molecule has 0 radical (unpaired) electrons. The van der Waals surface area contributed by atoms with E-state index >= 15 is 0 Å². The van der Waals surface area contributed by atoms with Crippen molar-refractivity contribution in [3.05, 3.63) is 89.2 Å². The number of para-hydroxylation sites is 1. The molecule has 0 aliphatic heterocycles. The average molecular weight is 474 g/mol. The highest BCUT2D eigenvalue weighted by molar-refractivity contribution is 6.02. The molecule has 2 aliphatic carbocycles. The van der Waals surface area contributed by atoms with Crippen LogP contribution in [0.25, 0.3) is 11.1 Å². The summed E-state index contributed by atoms with van der Waals surface area (Å²) in [5, 5.41) is 14.3. The zero-order valence-corrected chi connectivity index (χ0v) is 18.7. The number of carboxylic acid groups (broad SMARTS) is 1. The van der Waals surface area contributed by atoms with Gasteiger partial charge in [0.2, 0.25) is 5.91 Å². The molecule has 0 aromatic heterocycles. The molecule has 2 amide bonds. The van der Waals surface area contributed by atoms with Gasteiger partial charge < -0.3 is 20.5 Å². The van der Waals surface area contributed by atoms with Crippen LogP contribution in [0.4, 0.5) is 14.9 Å². The molecule has 3 aromatic carbocycles. The van der Waals surface area contributed by atoms with Gasteiger partial charge in [0.25, 0.3) is 0 Å². The Bertz CT molecular complexity index is 1280. The van der Waals surface area contributed by atoms with Crippen LogP contribution in [0, 0.1) is 17.7 Å². The number of amides is 2. The summed E-state index contributed by atoms with van der Waals surface area (Å²) in [6, 6.07) is 19.7. The Kier molecular flexibility index (Phi) is 5.94. The number of ether oxygens (including phenoxy) is 1. The van der Waals surface area contributed by atoms with Crippen LogP contribution < -0.4 is 10.6 Å². The minimum atomic E-state index is -1.33. The number of carbonyl (C=O) groups is 3. The van der Waals surface area contributed by atoms with Gasteiger partial charge in [0, 0.05) is 18.4 Å². The third-order valence-electron chi connectivity index (χ3n) is 6.60. The number of fused-ring (bicyclic) bond motifs is 3. The van der Waals surface area contributed by atoms with Gasteiger partial charge in [0.15, 0.2) is 0 Å². The van der Waals surface area contributed by atoms with E-state index in [1.807, 2.05) is 36.4 Å². The van der Waals surface area contributed by atoms with E-state index in [9.17, 15) is 23.9 Å². The molecule has 3 N–H and O–H groups in total. The van der Waals surface area contributed by atoms with E-state index in [2.05, 4.69) is 22.8 Å². The Morgan fingerprint density at radius 3 is 2.26 bits per heavy atom. The number of hydrogen-bond acceptors (Lipinski definition) is 4. The Labute approximate surface area is 200 Å². The van der Waals surface area contributed by atoms with Gasteiger partial charge in [0.05, 0.1) is 11.3 Å². The predicted molar refractivity (Wildman–Crippen MR) is 127 cm³/mol. The van der Waals surface area contributed by atoms with Crippen LogP contribution in [-0.4, -0.2) is 36.2 Å². The molecule has 0 heterocycles. The molecule has 0 unspecified atom stereocenters. The van der Waals surface area contributed by atoms with Crippen LogP contribution in [0.1, 0.15) is 33.8 Å². The van der Waals surface area contributed by atoms with Crippen molar-refractivity contribution in [3.8, 4) is 11.1 Å². The average Bonchev–Trinajstić information content (AvgIpc) is 3.57. The van der Waals surface area contributed by atoms with Crippen LogP contribution in [0.3, 0.4) is 0 Å². The number of rotatable bonds is 7. The Hall–Kier alpha value is -4.20. The monoisotopic (exact) mass is 474 g/mol. The maximum absolute atomic E-state index is 14.1. The second kappa shape index (κ2) is 9.21. The smallest absolute Gasteiger partial charge is 0.407 e. The van der Waals surface area contributed by atoms with Crippen molar-refractivity contribution in [2.45, 2.75) is 12.3 Å². The molecular formula is C27H23FN2O5. The first-order valence-electron chi connectivity index (χ1n) is 11.4. The third kappa shape index (κ3) is 4.47. The van der Waals surface area contributed by atoms with Gasteiger partial charge in [-0.1, -0.05) is 54.6 Å². The maximum Gasteiger partial charge on any atom is 0.407 e. The van der Waals surface area contributed by atoms with Crippen LogP contribution in [0.2, 0.25) is 0 Å². The lowest BCUT2D eigenvalue weighted by Crippen LogP contribution is -2.29. The number of alkyl carbamates (subject to hydrolysis) is 1. The first kappa shape index (κ1) is 22.6. The second-order valence-corrected chi connectivity index (χ2v) is 8.77. The van der Waals surface area contributed by atoms with Crippen molar-refractivity contribution in [2.24, 2.45) is 11.8 Å². The maximum atomic E-state index is 14.1. The summed E-state index contributed by atoms with van der Waals surface area (Å²) >= 11 is 0. The highest BCUT2D eigenvalue weighted by Crippen LogP contribution is 2.44. The molecule has 1 fully saturated rings. The fourth-order valence-electron chi connectivity index (χ4n) is 4.70. The quantitative estimate of drug-likeness (QED) is 0.463. The summed E-state index contributed by atoms with van der Waals surface area (Å²) < 4.78 is 19.6. The third-order valence-corrected chi connectivity index (χ3v) is 6.60. The van der Waals surface area contributed by atoms with Crippen LogP contribution >= 0.6 is 0 Å². The molecule has 0 bridgehead atoms. The van der Waals surface area contributed by atoms with Gasteiger partial charge in [-0.3, -0.25) is 4.79 Å². The first-order chi connectivity index (χ1) is 16.9. The minimum absolute atomic E-state index is 0.0446. The highest BCUT2D eigenvalue weighted by atomic mass is 19.1. The standard InChI is InChI=1S/C27H23FN2O5/c28-23-11-5-10-20(26(32)33)24(23)30-25(31)21-12-15(21)13-29-27(34)35-14-22-18-8-3-1-6-16(18)17-7-2-4-9-19(17)22/h1-11,15,21-22H,12-14H2,(H,29,34)(H,30,31)(H,32,33)/t15-,21-/m0/s1. The SMILES string of the molecule is O=C(NC[C@@H]1C[C@@H]1C(=O)Nc1c(F)cccc1C(=O)O)OCC1c2ccccc2-c2ccccc21. The van der Waals surface area contributed by atoms with Gasteiger partial charge in [-0.05, 0) is 46.7 Å². The van der Waals surface area contributed by atoms with Crippen LogP contribution in [0.5, 0.6) is 0 Å². The summed E-state index contributed by atoms with van der Waals surface area (Å²) in [4.78, 5) is 36.1. The van der Waals surface area contributed by atoms with E-state index in [1.165, 1.54) is 12.1 Å². The molecule has 8 heteroatoms. The van der Waals surface area contributed by atoms with Gasteiger partial charge in [-0.2, -0.15) is 0 Å². The fraction of sp³-hybridized carbons (Fsp3) is 0.222. The van der Waals surface area contributed by atoms with Crippen molar-refractivity contribution < 1.29 is 28.6 Å². The van der Waals surface area contributed by atoms with E-state index in [0.717, 1.165) is 28.3 Å². The summed E-state index contributed by atoms with van der Waals surface area (Å²) in [6.07, 6.45) is -0.0630. The van der Waals surface area contributed by atoms with Gasteiger partial charge in [-0.15, -0.1) is 0 Å². The number of hydrogen-bond donors (Lipinski definition) is 3. The fourth-order valence-corrected chi connectivity index (χ4v) is 4.70. The number of carbonyl (C=O) groups excluding carboxylic acids is 2. The molecule has 2 atom stereocenters. The molecule has 2 aliphatic rings. The van der Waals surface area contributed by atoms with E-state index < -0.39 is 29.7 Å². The van der Waals surface area contributed by atoms with E-state index in [-0.39, 0.29) is 36.2 Å². The molecule has 1 saturated carbocycles. The number of nitrogens with one attached hydrogen (secondary N) is 2. The van der Waals surface area contributed by atoms with Crippen molar-refractivity contribution in [3.63, 3.8) is 0 Å². The van der Waals surface area contributed by atoms with Crippen LogP contribution in [0.15, 0.2) is 66.7 Å². The number of carboxylic acids is 1. The zero-order valence-electron chi connectivity index (χ0n) is 18.7. The normalized spacial score (nSPS) is 17.7. The zero-order chi connectivity index (χ0) is 24.5. The Balaban J connectivity index is 1.13. The van der Waals surface area contributed by atoms with Gasteiger partial charge >= 0.3 is 12.1 Å². The summed E-state index contributed by atoms with van der Waals surface area (Å²) in [5.41, 5.74) is 3.87. The number of halogens is 1. The summed E-state index contributed by atoms with van der Waals surface area (Å²) in [5.74, 6) is -3.23. The van der Waals surface area contributed by atoms with Crippen molar-refractivity contribution >= 4 is 23.7 Å². The lowest BCUT2D eigenvalue weighted by molar-refractivity contribution is -0.117. The largest absolute Gasteiger partial charge is 0.478 e. The van der Waals surface area contributed by atoms with E-state index in [4.69, 9.17) is 4.74 Å². The van der Waals surface area contributed by atoms with E-state index in [1.54, 1.807) is 0 Å². The summed E-state index contributed by atoms with van der Waals surface area (Å²) in [6.45, 7) is 0.428. The Morgan fingerprint density at radius 2 is 1.60 bits per heavy atom. The molecule has 0 spiro atoms. The molecule has 178 valence electrons. The second-order valence-electron chi connectivity index (χ2n) is 8.77. The van der Waals surface area contributed by atoms with E-state index in [0.29, 0.717) is 6.42 Å². The van der Waals surface area contributed by atoms with Crippen molar-refractivity contribution in [1.82, 2.24) is 5.32 Å². The number of benzene rings is 3. The van der Waals surface area contributed by atoms with Crippen LogP contribution in [-0.2, 0) is 9.53 Å². The summed E-state index contributed by atoms with van der Waals surface area (Å²) in [7, 11) is 0. The van der Waals surface area contributed by atoms with Gasteiger partial charge in [-0.25, -0.2) is 14.0 Å². The topological polar surface area (TPSA) is 105 Å². The number of aromatic carboxylic acids is 1. The molecule has 3 aromatic rings. The molecule has 7 nitrogen and oxygen atoms in total. The first-order valence-corrected chi connectivity index (χ1v) is 11.4. The lowest BCUT2D eigenvalue weighted by atomic mass is 9.98.